The highest BCUT2D eigenvalue weighted by atomic mass is 35.5. The summed E-state index contributed by atoms with van der Waals surface area (Å²) in [5.41, 5.74) is 2.22. The number of pyridine rings is 1. The Morgan fingerprint density at radius 3 is 2.47 bits per heavy atom. The van der Waals surface area contributed by atoms with Gasteiger partial charge in [0.2, 0.25) is 0 Å². The number of halogens is 1. The van der Waals surface area contributed by atoms with E-state index < -0.39 is 0 Å². The third kappa shape index (κ3) is 4.89. The Morgan fingerprint density at radius 1 is 1.00 bits per heavy atom. The molecule has 2 rings (SSSR count). The topological polar surface area (TPSA) is 45.1 Å². The molecule has 0 radical (unpaired) electrons. The summed E-state index contributed by atoms with van der Waals surface area (Å²) in [4.78, 5) is 4.24. The largest absolute Gasteiger partial charge is 0.508 e. The van der Waals surface area contributed by atoms with E-state index in [0.717, 1.165) is 31.6 Å². The number of hydrogen-bond donors (Lipinski definition) is 2. The molecule has 100 valence electrons. The van der Waals surface area contributed by atoms with Gasteiger partial charge < -0.3 is 10.4 Å². The van der Waals surface area contributed by atoms with Crippen LogP contribution in [0.25, 0.3) is 0 Å². The summed E-state index contributed by atoms with van der Waals surface area (Å²) < 4.78 is 0. The van der Waals surface area contributed by atoms with Crippen LogP contribution in [0.1, 0.15) is 11.3 Å². The highest BCUT2D eigenvalue weighted by Gasteiger charge is 1.97. The zero-order chi connectivity index (χ0) is 13.5. The van der Waals surface area contributed by atoms with Gasteiger partial charge in [-0.15, -0.1) is 0 Å². The van der Waals surface area contributed by atoms with Crippen molar-refractivity contribution in [3.05, 3.63) is 58.9 Å². The first kappa shape index (κ1) is 13.8. The molecule has 0 aliphatic rings. The highest BCUT2D eigenvalue weighted by molar-refractivity contribution is 6.29. The second-order valence-corrected chi connectivity index (χ2v) is 4.76. The molecule has 0 aliphatic heterocycles. The maximum atomic E-state index is 9.18. The maximum Gasteiger partial charge on any atom is 0.129 e. The molecule has 0 saturated heterocycles. The number of benzene rings is 1. The number of nitrogens with one attached hydrogen (secondary N) is 1. The first-order valence-corrected chi connectivity index (χ1v) is 6.72. The average Bonchev–Trinajstić information content (AvgIpc) is 2.41. The zero-order valence-corrected chi connectivity index (χ0v) is 11.4. The standard InChI is InChI=1S/C15H17ClN2O/c16-15-3-1-2-13(18-15)9-11-17-10-8-12-4-6-14(19)7-5-12/h1-7,17,19H,8-11H2. The molecule has 3 nitrogen and oxygen atoms in total. The summed E-state index contributed by atoms with van der Waals surface area (Å²) in [6.07, 6.45) is 1.82. The SMILES string of the molecule is Oc1ccc(CCNCCc2cccc(Cl)n2)cc1. The lowest BCUT2D eigenvalue weighted by atomic mass is 10.1. The Kier molecular flexibility index (Phi) is 5.19. The van der Waals surface area contributed by atoms with Crippen molar-refractivity contribution < 1.29 is 5.11 Å². The van der Waals surface area contributed by atoms with Crippen LogP contribution in [0, 0.1) is 0 Å². The van der Waals surface area contributed by atoms with Gasteiger partial charge in [-0.05, 0) is 42.8 Å². The lowest BCUT2D eigenvalue weighted by Crippen LogP contribution is -2.20. The first-order chi connectivity index (χ1) is 9.24. The fraction of sp³-hybridized carbons (Fsp3) is 0.267. The number of nitrogens with zero attached hydrogens (tertiary/aromatic N) is 1. The molecule has 4 heteroatoms. The Labute approximate surface area is 118 Å². The van der Waals surface area contributed by atoms with Crippen LogP contribution in [-0.2, 0) is 12.8 Å². The van der Waals surface area contributed by atoms with Gasteiger partial charge in [0, 0.05) is 18.7 Å². The van der Waals surface area contributed by atoms with E-state index in [1.54, 1.807) is 18.2 Å². The van der Waals surface area contributed by atoms with E-state index in [4.69, 9.17) is 11.6 Å². The minimum absolute atomic E-state index is 0.309. The summed E-state index contributed by atoms with van der Waals surface area (Å²) in [5.74, 6) is 0.309. The van der Waals surface area contributed by atoms with Gasteiger partial charge >= 0.3 is 0 Å². The van der Waals surface area contributed by atoms with Crippen molar-refractivity contribution in [1.29, 1.82) is 0 Å². The molecular weight excluding hydrogens is 260 g/mol. The molecule has 0 saturated carbocycles. The number of aromatic hydroxyl groups is 1. The third-order valence-electron chi connectivity index (χ3n) is 2.86. The van der Waals surface area contributed by atoms with Crippen LogP contribution in [0.3, 0.4) is 0 Å². The molecular formula is C15H17ClN2O. The van der Waals surface area contributed by atoms with Crippen molar-refractivity contribution in [3.63, 3.8) is 0 Å². The van der Waals surface area contributed by atoms with E-state index >= 15 is 0 Å². The third-order valence-corrected chi connectivity index (χ3v) is 3.07. The lowest BCUT2D eigenvalue weighted by Gasteiger charge is -2.05. The predicted octanol–water partition coefficient (Wildman–Crippen LogP) is 2.82. The van der Waals surface area contributed by atoms with Crippen molar-refractivity contribution in [2.75, 3.05) is 13.1 Å². The van der Waals surface area contributed by atoms with Crippen molar-refractivity contribution in [1.82, 2.24) is 10.3 Å². The number of phenols is 1. The molecule has 0 atom stereocenters. The van der Waals surface area contributed by atoms with Crippen LogP contribution >= 0.6 is 11.6 Å². The molecule has 0 amide bonds. The number of hydrogen-bond acceptors (Lipinski definition) is 3. The fourth-order valence-electron chi connectivity index (χ4n) is 1.83. The second kappa shape index (κ2) is 7.12. The predicted molar refractivity (Wildman–Crippen MR) is 77.6 cm³/mol. The van der Waals surface area contributed by atoms with Gasteiger partial charge in [0.1, 0.15) is 10.9 Å². The van der Waals surface area contributed by atoms with Crippen molar-refractivity contribution in [2.45, 2.75) is 12.8 Å². The van der Waals surface area contributed by atoms with Gasteiger partial charge in [0.15, 0.2) is 0 Å². The fourth-order valence-corrected chi connectivity index (χ4v) is 2.01. The monoisotopic (exact) mass is 276 g/mol. The van der Waals surface area contributed by atoms with E-state index in [1.807, 2.05) is 24.3 Å². The maximum absolute atomic E-state index is 9.18. The minimum Gasteiger partial charge on any atom is -0.508 e. The molecule has 0 aliphatic carbocycles. The molecule has 19 heavy (non-hydrogen) atoms. The van der Waals surface area contributed by atoms with E-state index in [2.05, 4.69) is 10.3 Å². The smallest absolute Gasteiger partial charge is 0.129 e. The van der Waals surface area contributed by atoms with Gasteiger partial charge in [-0.2, -0.15) is 0 Å². The van der Waals surface area contributed by atoms with Crippen molar-refractivity contribution in [3.8, 4) is 5.75 Å². The van der Waals surface area contributed by atoms with Gasteiger partial charge in [-0.25, -0.2) is 4.98 Å². The number of rotatable bonds is 6. The number of aromatic nitrogens is 1. The summed E-state index contributed by atoms with van der Waals surface area (Å²) in [5, 5.41) is 13.1. The second-order valence-electron chi connectivity index (χ2n) is 4.37. The quantitative estimate of drug-likeness (QED) is 0.630. The number of phenolic OH excluding ortho intramolecular Hbond substituents is 1. The normalized spacial score (nSPS) is 10.6. The molecule has 0 fully saturated rings. The minimum atomic E-state index is 0.309. The van der Waals surface area contributed by atoms with Crippen LogP contribution in [0.5, 0.6) is 5.75 Å². The van der Waals surface area contributed by atoms with E-state index in [1.165, 1.54) is 5.56 Å². The summed E-state index contributed by atoms with van der Waals surface area (Å²) in [6, 6.07) is 13.0. The Bertz CT molecular complexity index is 514. The van der Waals surface area contributed by atoms with E-state index in [-0.39, 0.29) is 0 Å². The van der Waals surface area contributed by atoms with Crippen LogP contribution in [0.15, 0.2) is 42.5 Å². The highest BCUT2D eigenvalue weighted by Crippen LogP contribution is 2.09. The van der Waals surface area contributed by atoms with Crippen molar-refractivity contribution >= 4 is 11.6 Å². The Hall–Kier alpha value is -1.58. The molecule has 1 aromatic carbocycles. The lowest BCUT2D eigenvalue weighted by molar-refractivity contribution is 0.475. The first-order valence-electron chi connectivity index (χ1n) is 6.34. The zero-order valence-electron chi connectivity index (χ0n) is 10.6. The molecule has 1 aromatic heterocycles. The average molecular weight is 277 g/mol. The summed E-state index contributed by atoms with van der Waals surface area (Å²) >= 11 is 5.83. The molecule has 0 unspecified atom stereocenters. The van der Waals surface area contributed by atoms with Crippen LogP contribution in [0.4, 0.5) is 0 Å². The van der Waals surface area contributed by atoms with Crippen LogP contribution < -0.4 is 5.32 Å². The summed E-state index contributed by atoms with van der Waals surface area (Å²) in [6.45, 7) is 1.79. The van der Waals surface area contributed by atoms with E-state index in [9.17, 15) is 5.11 Å². The molecule has 2 aromatic rings. The molecule has 1 heterocycles. The van der Waals surface area contributed by atoms with Gasteiger partial charge in [-0.1, -0.05) is 29.8 Å². The molecule has 2 N–H and O–H groups in total. The van der Waals surface area contributed by atoms with Crippen LogP contribution in [0.2, 0.25) is 5.15 Å². The van der Waals surface area contributed by atoms with E-state index in [0.29, 0.717) is 10.9 Å². The Morgan fingerprint density at radius 2 is 1.74 bits per heavy atom. The van der Waals surface area contributed by atoms with Crippen molar-refractivity contribution in [2.24, 2.45) is 0 Å². The Balaban J connectivity index is 1.66. The molecule has 0 spiro atoms. The van der Waals surface area contributed by atoms with Crippen LogP contribution in [-0.4, -0.2) is 23.2 Å². The van der Waals surface area contributed by atoms with Gasteiger partial charge in [0.05, 0.1) is 0 Å². The van der Waals surface area contributed by atoms with Gasteiger partial charge in [0.25, 0.3) is 0 Å². The summed E-state index contributed by atoms with van der Waals surface area (Å²) in [7, 11) is 0. The van der Waals surface area contributed by atoms with Gasteiger partial charge in [-0.3, -0.25) is 0 Å². The molecule has 0 bridgehead atoms.